The molecule has 3 amide bonds. The summed E-state index contributed by atoms with van der Waals surface area (Å²) in [5, 5.41) is 10.4. The first-order valence-corrected chi connectivity index (χ1v) is 15.1. The molecule has 1 atom stereocenters. The molecular formula is C33H28N4O4S2. The van der Waals surface area contributed by atoms with Crippen molar-refractivity contribution >= 4 is 57.7 Å². The molecule has 216 valence electrons. The van der Waals surface area contributed by atoms with Crippen molar-refractivity contribution in [1.29, 1.82) is 0 Å². The molecule has 0 radical (unpaired) electrons. The highest BCUT2D eigenvalue weighted by Gasteiger charge is 2.18. The maximum Gasteiger partial charge on any atom is 0.272 e. The number of nitrogens with zero attached hydrogens (tertiary/aromatic N) is 1. The number of carbonyl (C=O) groups is 3. The van der Waals surface area contributed by atoms with Crippen molar-refractivity contribution in [2.24, 2.45) is 0 Å². The van der Waals surface area contributed by atoms with Gasteiger partial charge in [-0.2, -0.15) is 0 Å². The lowest BCUT2D eigenvalue weighted by atomic mass is 10.1. The second kappa shape index (κ2) is 13.8. The number of thioether (sulfide) groups is 1. The molecule has 0 aliphatic heterocycles. The molecule has 2 aromatic heterocycles. The van der Waals surface area contributed by atoms with E-state index in [2.05, 4.69) is 20.9 Å². The number of aromatic nitrogens is 1. The number of benzene rings is 3. The van der Waals surface area contributed by atoms with Crippen LogP contribution in [0.4, 0.5) is 10.8 Å². The monoisotopic (exact) mass is 608 g/mol. The van der Waals surface area contributed by atoms with Crippen LogP contribution < -0.4 is 16.0 Å². The molecule has 43 heavy (non-hydrogen) atoms. The lowest BCUT2D eigenvalue weighted by Gasteiger charge is -2.13. The Labute approximate surface area is 257 Å². The van der Waals surface area contributed by atoms with Gasteiger partial charge in [0.25, 0.3) is 11.8 Å². The number of thiazole rings is 1. The van der Waals surface area contributed by atoms with Crippen molar-refractivity contribution < 1.29 is 18.8 Å². The molecule has 0 unspecified atom stereocenters. The number of furan rings is 1. The summed E-state index contributed by atoms with van der Waals surface area (Å²) in [7, 11) is 0. The zero-order valence-corrected chi connectivity index (χ0v) is 25.0. The molecule has 5 aromatic rings. The minimum absolute atomic E-state index is 0.0181. The average Bonchev–Trinajstić information content (AvgIpc) is 3.71. The summed E-state index contributed by atoms with van der Waals surface area (Å²) < 4.78 is 5.99. The van der Waals surface area contributed by atoms with Gasteiger partial charge in [-0.1, -0.05) is 48.0 Å². The normalized spacial score (nSPS) is 11.9. The van der Waals surface area contributed by atoms with Crippen molar-refractivity contribution in [2.75, 3.05) is 10.6 Å². The Morgan fingerprint density at radius 1 is 0.907 bits per heavy atom. The van der Waals surface area contributed by atoms with Crippen LogP contribution in [0.3, 0.4) is 0 Å². The van der Waals surface area contributed by atoms with Crippen LogP contribution in [0.1, 0.15) is 28.6 Å². The fourth-order valence-electron chi connectivity index (χ4n) is 3.95. The van der Waals surface area contributed by atoms with Gasteiger partial charge in [0.15, 0.2) is 5.13 Å². The second-order valence-electron chi connectivity index (χ2n) is 9.51. The summed E-state index contributed by atoms with van der Waals surface area (Å²) in [5.74, 6) is -0.0446. The number of anilines is 2. The summed E-state index contributed by atoms with van der Waals surface area (Å²) in [5.41, 5.74) is 2.99. The Bertz CT molecular complexity index is 1730. The number of hydrogen-bond donors (Lipinski definition) is 3. The summed E-state index contributed by atoms with van der Waals surface area (Å²) in [6.07, 6.45) is 3.14. The summed E-state index contributed by atoms with van der Waals surface area (Å²) >= 11 is 2.75. The fraction of sp³-hybridized carbons (Fsp3) is 0.0909. The van der Waals surface area contributed by atoms with Gasteiger partial charge in [0.05, 0.1) is 5.25 Å². The highest BCUT2D eigenvalue weighted by atomic mass is 32.2. The maximum absolute atomic E-state index is 13.4. The number of carbonyl (C=O) groups excluding carboxylic acids is 3. The number of aryl methyl sites for hydroxylation is 1. The van der Waals surface area contributed by atoms with Crippen LogP contribution in [-0.4, -0.2) is 28.0 Å². The minimum Gasteiger partial charge on any atom is -0.457 e. The maximum atomic E-state index is 13.4. The summed E-state index contributed by atoms with van der Waals surface area (Å²) in [4.78, 5) is 43.8. The Balaban J connectivity index is 1.30. The van der Waals surface area contributed by atoms with Crippen LogP contribution in [-0.2, 0) is 9.59 Å². The first-order chi connectivity index (χ1) is 20.8. The molecule has 0 fully saturated rings. The van der Waals surface area contributed by atoms with E-state index in [4.69, 9.17) is 4.42 Å². The smallest absolute Gasteiger partial charge is 0.272 e. The van der Waals surface area contributed by atoms with E-state index >= 15 is 0 Å². The Morgan fingerprint density at radius 2 is 1.65 bits per heavy atom. The predicted octanol–water partition coefficient (Wildman–Crippen LogP) is 7.24. The standard InChI is InChI=1S/C33H28N4O4S2/c1-21-8-10-23(11-9-21)29-17-14-26(41-29)20-28(36-31(39)24-6-4-3-5-7-24)32(40)35-25-12-15-27(16-13-25)43-22(2)30(38)37-33-34-18-19-42-33/h3-20,22H,1-2H3,(H,35,40)(H,36,39)(H,34,37,38)/b28-20-/t22-/m1/s1. The van der Waals surface area contributed by atoms with Crippen molar-refractivity contribution in [2.45, 2.75) is 24.0 Å². The fourth-order valence-corrected chi connectivity index (χ4v) is 5.35. The third-order valence-electron chi connectivity index (χ3n) is 6.23. The molecule has 0 saturated carbocycles. The van der Waals surface area contributed by atoms with E-state index in [1.165, 1.54) is 29.2 Å². The van der Waals surface area contributed by atoms with Crippen LogP contribution in [0.2, 0.25) is 0 Å². The van der Waals surface area contributed by atoms with E-state index in [1.54, 1.807) is 54.0 Å². The first kappa shape index (κ1) is 29.6. The van der Waals surface area contributed by atoms with Crippen molar-refractivity contribution in [3.8, 4) is 11.3 Å². The zero-order chi connectivity index (χ0) is 30.2. The third kappa shape index (κ3) is 8.09. The summed E-state index contributed by atoms with van der Waals surface area (Å²) in [6.45, 7) is 3.83. The van der Waals surface area contributed by atoms with Crippen molar-refractivity contribution in [3.05, 3.63) is 125 Å². The third-order valence-corrected chi connectivity index (χ3v) is 8.04. The van der Waals surface area contributed by atoms with Crippen molar-refractivity contribution in [1.82, 2.24) is 10.3 Å². The highest BCUT2D eigenvalue weighted by molar-refractivity contribution is 8.00. The molecule has 0 aliphatic carbocycles. The highest BCUT2D eigenvalue weighted by Crippen LogP contribution is 2.27. The molecule has 3 N–H and O–H groups in total. The quantitative estimate of drug-likeness (QED) is 0.114. The Morgan fingerprint density at radius 3 is 2.35 bits per heavy atom. The molecular weight excluding hydrogens is 581 g/mol. The number of nitrogens with one attached hydrogen (secondary N) is 3. The topological polar surface area (TPSA) is 113 Å². The molecule has 8 nitrogen and oxygen atoms in total. The molecule has 0 aliphatic rings. The van der Waals surface area contributed by atoms with Gasteiger partial charge in [0.2, 0.25) is 5.91 Å². The SMILES string of the molecule is Cc1ccc(-c2ccc(/C=C(\NC(=O)c3ccccc3)C(=O)Nc3ccc(S[C@H](C)C(=O)Nc4nccs4)cc3)o2)cc1. The number of hydrogen-bond acceptors (Lipinski definition) is 7. The average molecular weight is 609 g/mol. The van der Waals surface area contributed by atoms with E-state index in [-0.39, 0.29) is 16.9 Å². The van der Waals surface area contributed by atoms with Crippen LogP contribution in [0.25, 0.3) is 17.4 Å². The van der Waals surface area contributed by atoms with Gasteiger partial charge < -0.3 is 20.4 Å². The Hall–Kier alpha value is -4.93. The Kier molecular flexibility index (Phi) is 9.50. The molecule has 2 heterocycles. The van der Waals surface area contributed by atoms with Crippen LogP contribution in [0.15, 0.2) is 118 Å². The molecule has 0 spiro atoms. The van der Waals surface area contributed by atoms with Crippen LogP contribution in [0.5, 0.6) is 0 Å². The number of amides is 3. The summed E-state index contributed by atoms with van der Waals surface area (Å²) in [6, 6.07) is 27.2. The molecule has 0 saturated heterocycles. The largest absolute Gasteiger partial charge is 0.457 e. The van der Waals surface area contributed by atoms with E-state index in [9.17, 15) is 14.4 Å². The van der Waals surface area contributed by atoms with E-state index in [0.29, 0.717) is 27.9 Å². The van der Waals surface area contributed by atoms with E-state index in [1.807, 2.05) is 62.4 Å². The van der Waals surface area contributed by atoms with Gasteiger partial charge in [0, 0.05) is 39.4 Å². The zero-order valence-electron chi connectivity index (χ0n) is 23.4. The van der Waals surface area contributed by atoms with Gasteiger partial charge in [0.1, 0.15) is 17.2 Å². The molecule has 0 bridgehead atoms. The first-order valence-electron chi connectivity index (χ1n) is 13.4. The van der Waals surface area contributed by atoms with Gasteiger partial charge in [-0.05, 0) is 62.4 Å². The van der Waals surface area contributed by atoms with Crippen LogP contribution in [0, 0.1) is 6.92 Å². The van der Waals surface area contributed by atoms with Crippen molar-refractivity contribution in [3.63, 3.8) is 0 Å². The van der Waals surface area contributed by atoms with Gasteiger partial charge in [-0.15, -0.1) is 23.1 Å². The van der Waals surface area contributed by atoms with Gasteiger partial charge in [-0.25, -0.2) is 4.98 Å². The molecule has 5 rings (SSSR count). The lowest BCUT2D eigenvalue weighted by Crippen LogP contribution is -2.30. The molecule has 3 aromatic carbocycles. The minimum atomic E-state index is -0.519. The predicted molar refractivity (Wildman–Crippen MR) is 172 cm³/mol. The number of rotatable bonds is 10. The van der Waals surface area contributed by atoms with E-state index in [0.717, 1.165) is 16.0 Å². The van der Waals surface area contributed by atoms with Gasteiger partial charge in [-0.3, -0.25) is 14.4 Å². The van der Waals surface area contributed by atoms with Gasteiger partial charge >= 0.3 is 0 Å². The molecule has 10 heteroatoms. The van der Waals surface area contributed by atoms with Crippen LogP contribution >= 0.6 is 23.1 Å². The second-order valence-corrected chi connectivity index (χ2v) is 11.8. The van der Waals surface area contributed by atoms with E-state index < -0.39 is 11.8 Å². The lowest BCUT2D eigenvalue weighted by molar-refractivity contribution is -0.115.